The Bertz CT molecular complexity index is 515. The van der Waals surface area contributed by atoms with Crippen LogP contribution in [0.5, 0.6) is 0 Å². The molecule has 106 valence electrons. The highest BCUT2D eigenvalue weighted by molar-refractivity contribution is 9.08. The van der Waals surface area contributed by atoms with Crippen molar-refractivity contribution in [2.45, 2.75) is 42.8 Å². The first-order chi connectivity index (χ1) is 9.01. The first-order valence-corrected chi connectivity index (χ1v) is 9.26. The monoisotopic (exact) mass is 345 g/mol. The van der Waals surface area contributed by atoms with Crippen LogP contribution in [-0.4, -0.2) is 15.0 Å². The van der Waals surface area contributed by atoms with E-state index in [4.69, 9.17) is 0 Å². The molecule has 0 aromatic heterocycles. The van der Waals surface area contributed by atoms with E-state index in [9.17, 15) is 8.42 Å². The zero-order valence-electron chi connectivity index (χ0n) is 11.2. The Morgan fingerprint density at radius 2 is 1.89 bits per heavy atom. The van der Waals surface area contributed by atoms with Gasteiger partial charge in [-0.3, -0.25) is 0 Å². The molecule has 1 fully saturated rings. The van der Waals surface area contributed by atoms with Crippen LogP contribution in [0, 0.1) is 5.41 Å². The van der Waals surface area contributed by atoms with Gasteiger partial charge in [-0.1, -0.05) is 41.4 Å². The predicted octanol–water partition coefficient (Wildman–Crippen LogP) is 3.44. The van der Waals surface area contributed by atoms with Crippen LogP contribution < -0.4 is 4.72 Å². The Morgan fingerprint density at radius 3 is 2.32 bits per heavy atom. The van der Waals surface area contributed by atoms with Gasteiger partial charge in [-0.15, -0.1) is 0 Å². The average Bonchev–Trinajstić information content (AvgIpc) is 2.38. The van der Waals surface area contributed by atoms with Crippen LogP contribution in [0.1, 0.15) is 38.2 Å². The molecule has 1 aromatic rings. The SMILES string of the molecule is CCC1(CNS(=O)(=O)c2ccc(CBr)cc2)CCC1. The molecule has 1 aromatic carbocycles. The number of hydrogen-bond donors (Lipinski definition) is 1. The van der Waals surface area contributed by atoms with Crippen molar-refractivity contribution in [2.24, 2.45) is 5.41 Å². The van der Waals surface area contributed by atoms with Crippen molar-refractivity contribution in [3.05, 3.63) is 29.8 Å². The van der Waals surface area contributed by atoms with Gasteiger partial charge in [0.15, 0.2) is 0 Å². The molecule has 2 rings (SSSR count). The molecule has 0 unspecified atom stereocenters. The normalized spacial score (nSPS) is 18.0. The molecule has 0 bridgehead atoms. The van der Waals surface area contributed by atoms with Crippen LogP contribution in [0.25, 0.3) is 0 Å². The van der Waals surface area contributed by atoms with Gasteiger partial charge in [-0.25, -0.2) is 13.1 Å². The third-order valence-corrected chi connectivity index (χ3v) is 6.25. The van der Waals surface area contributed by atoms with Gasteiger partial charge in [0.25, 0.3) is 0 Å². The molecule has 1 aliphatic rings. The summed E-state index contributed by atoms with van der Waals surface area (Å²) < 4.78 is 27.2. The van der Waals surface area contributed by atoms with Crippen LogP contribution >= 0.6 is 15.9 Å². The maximum absolute atomic E-state index is 12.2. The summed E-state index contributed by atoms with van der Waals surface area (Å²) in [5, 5.41) is 0.736. The minimum absolute atomic E-state index is 0.197. The van der Waals surface area contributed by atoms with Crippen LogP contribution in [0.2, 0.25) is 0 Å². The number of alkyl halides is 1. The minimum atomic E-state index is -3.37. The zero-order chi connectivity index (χ0) is 13.9. The number of halogens is 1. The fourth-order valence-corrected chi connectivity index (χ4v) is 3.95. The summed E-state index contributed by atoms with van der Waals surface area (Å²) in [4.78, 5) is 0.350. The van der Waals surface area contributed by atoms with Gasteiger partial charge in [0.05, 0.1) is 4.90 Å². The molecule has 0 spiro atoms. The maximum Gasteiger partial charge on any atom is 0.240 e. The quantitative estimate of drug-likeness (QED) is 0.802. The number of benzene rings is 1. The Morgan fingerprint density at radius 1 is 1.26 bits per heavy atom. The van der Waals surface area contributed by atoms with Crippen molar-refractivity contribution in [3.63, 3.8) is 0 Å². The number of sulfonamides is 1. The topological polar surface area (TPSA) is 46.2 Å². The molecule has 0 atom stereocenters. The molecule has 0 radical (unpaired) electrons. The van der Waals surface area contributed by atoms with E-state index in [0.29, 0.717) is 11.4 Å². The molecule has 1 saturated carbocycles. The third kappa shape index (κ3) is 3.38. The van der Waals surface area contributed by atoms with E-state index in [-0.39, 0.29) is 5.41 Å². The summed E-state index contributed by atoms with van der Waals surface area (Å²) in [6.45, 7) is 2.70. The lowest BCUT2D eigenvalue weighted by Gasteiger charge is -2.41. The second kappa shape index (κ2) is 5.94. The van der Waals surface area contributed by atoms with E-state index in [0.717, 1.165) is 30.2 Å². The second-order valence-corrected chi connectivity index (χ2v) is 7.64. The lowest BCUT2D eigenvalue weighted by atomic mass is 9.67. The van der Waals surface area contributed by atoms with E-state index >= 15 is 0 Å². The zero-order valence-corrected chi connectivity index (χ0v) is 13.6. The molecule has 19 heavy (non-hydrogen) atoms. The van der Waals surface area contributed by atoms with Crippen LogP contribution in [-0.2, 0) is 15.4 Å². The van der Waals surface area contributed by atoms with Crippen molar-refractivity contribution in [3.8, 4) is 0 Å². The van der Waals surface area contributed by atoms with Crippen LogP contribution in [0.15, 0.2) is 29.2 Å². The first-order valence-electron chi connectivity index (χ1n) is 6.66. The number of nitrogens with one attached hydrogen (secondary N) is 1. The molecule has 3 nitrogen and oxygen atoms in total. The van der Waals surface area contributed by atoms with E-state index in [1.807, 2.05) is 12.1 Å². The lowest BCUT2D eigenvalue weighted by Crippen LogP contribution is -2.41. The molecule has 5 heteroatoms. The minimum Gasteiger partial charge on any atom is -0.211 e. The predicted molar refractivity (Wildman–Crippen MR) is 80.8 cm³/mol. The van der Waals surface area contributed by atoms with E-state index < -0.39 is 10.0 Å². The molecular weight excluding hydrogens is 326 g/mol. The van der Waals surface area contributed by atoms with Gasteiger partial charge in [-0.05, 0) is 42.4 Å². The standard InChI is InChI=1S/C14H20BrNO2S/c1-2-14(8-3-9-14)11-16-19(17,18)13-6-4-12(10-15)5-7-13/h4-7,16H,2-3,8-11H2,1H3. The third-order valence-electron chi connectivity index (χ3n) is 4.19. The molecule has 0 heterocycles. The summed E-state index contributed by atoms with van der Waals surface area (Å²) in [7, 11) is -3.37. The number of hydrogen-bond acceptors (Lipinski definition) is 2. The Labute approximate surface area is 124 Å². The number of rotatable bonds is 6. The summed E-state index contributed by atoms with van der Waals surface area (Å²) in [6, 6.07) is 7.00. The van der Waals surface area contributed by atoms with Crippen molar-refractivity contribution >= 4 is 26.0 Å². The summed E-state index contributed by atoms with van der Waals surface area (Å²) in [6.07, 6.45) is 4.52. The molecule has 0 saturated heterocycles. The lowest BCUT2D eigenvalue weighted by molar-refractivity contribution is 0.133. The fraction of sp³-hybridized carbons (Fsp3) is 0.571. The molecule has 1 aliphatic carbocycles. The van der Waals surface area contributed by atoms with Gasteiger partial charge < -0.3 is 0 Å². The second-order valence-electron chi connectivity index (χ2n) is 5.31. The van der Waals surface area contributed by atoms with Crippen molar-refractivity contribution in [1.29, 1.82) is 0 Å². The van der Waals surface area contributed by atoms with Gasteiger partial charge in [0, 0.05) is 11.9 Å². The van der Waals surface area contributed by atoms with Gasteiger partial charge in [0.2, 0.25) is 10.0 Å². The average molecular weight is 346 g/mol. The maximum atomic E-state index is 12.2. The molecular formula is C14H20BrNO2S. The van der Waals surface area contributed by atoms with Gasteiger partial charge >= 0.3 is 0 Å². The van der Waals surface area contributed by atoms with E-state index in [2.05, 4.69) is 27.6 Å². The summed E-state index contributed by atoms with van der Waals surface area (Å²) in [5.74, 6) is 0. The van der Waals surface area contributed by atoms with E-state index in [1.54, 1.807) is 12.1 Å². The largest absolute Gasteiger partial charge is 0.240 e. The van der Waals surface area contributed by atoms with Crippen LogP contribution in [0.4, 0.5) is 0 Å². The summed E-state index contributed by atoms with van der Waals surface area (Å²) in [5.41, 5.74) is 1.27. The highest BCUT2D eigenvalue weighted by atomic mass is 79.9. The Balaban J connectivity index is 2.05. The van der Waals surface area contributed by atoms with Gasteiger partial charge in [-0.2, -0.15) is 0 Å². The highest BCUT2D eigenvalue weighted by Gasteiger charge is 2.36. The van der Waals surface area contributed by atoms with E-state index in [1.165, 1.54) is 6.42 Å². The molecule has 1 N–H and O–H groups in total. The summed E-state index contributed by atoms with van der Waals surface area (Å²) >= 11 is 3.35. The van der Waals surface area contributed by atoms with Gasteiger partial charge in [0.1, 0.15) is 0 Å². The molecule has 0 amide bonds. The Hall–Kier alpha value is -0.390. The Kier molecular flexibility index (Phi) is 4.69. The molecule has 0 aliphatic heterocycles. The smallest absolute Gasteiger partial charge is 0.211 e. The van der Waals surface area contributed by atoms with Crippen LogP contribution in [0.3, 0.4) is 0 Å². The van der Waals surface area contributed by atoms with Crippen molar-refractivity contribution in [2.75, 3.05) is 6.54 Å². The first kappa shape index (κ1) is 15.0. The highest BCUT2D eigenvalue weighted by Crippen LogP contribution is 2.43. The van der Waals surface area contributed by atoms with Crippen molar-refractivity contribution in [1.82, 2.24) is 4.72 Å². The fourth-order valence-electron chi connectivity index (χ4n) is 2.42. The van der Waals surface area contributed by atoms with Crippen molar-refractivity contribution < 1.29 is 8.42 Å².